The van der Waals surface area contributed by atoms with Crippen LogP contribution in [0.5, 0.6) is 0 Å². The molecule has 4 heteroatoms. The molecule has 1 aromatic carbocycles. The number of furan rings is 1. The van der Waals surface area contributed by atoms with Crippen LogP contribution in [0.25, 0.3) is 10.9 Å². The van der Waals surface area contributed by atoms with Gasteiger partial charge in [0.05, 0.1) is 11.6 Å². The molecule has 0 fully saturated rings. The number of nitrogens with zero attached hydrogens (tertiary/aromatic N) is 1. The molecule has 21 heavy (non-hydrogen) atoms. The van der Waals surface area contributed by atoms with E-state index >= 15 is 0 Å². The first kappa shape index (κ1) is 13.8. The molecule has 0 amide bonds. The van der Waals surface area contributed by atoms with E-state index in [-0.39, 0.29) is 6.04 Å². The Morgan fingerprint density at radius 1 is 1.10 bits per heavy atom. The smallest absolute Gasteiger partial charge is 0.106 e. The predicted molar refractivity (Wildman–Crippen MR) is 83.8 cm³/mol. The molecule has 3 aromatic rings. The summed E-state index contributed by atoms with van der Waals surface area (Å²) in [7, 11) is 0. The van der Waals surface area contributed by atoms with Gasteiger partial charge in [0.1, 0.15) is 11.5 Å². The van der Waals surface area contributed by atoms with Crippen molar-refractivity contribution in [1.82, 2.24) is 10.4 Å². The first-order valence-corrected chi connectivity index (χ1v) is 6.99. The van der Waals surface area contributed by atoms with Crippen LogP contribution in [0.4, 0.5) is 0 Å². The van der Waals surface area contributed by atoms with E-state index in [9.17, 15) is 0 Å². The number of fused-ring (bicyclic) bond motifs is 1. The van der Waals surface area contributed by atoms with E-state index in [1.54, 1.807) is 6.20 Å². The normalized spacial score (nSPS) is 12.8. The van der Waals surface area contributed by atoms with Crippen LogP contribution < -0.4 is 11.3 Å². The molecule has 0 saturated carbocycles. The fourth-order valence-corrected chi connectivity index (χ4v) is 2.92. The molecule has 0 saturated heterocycles. The summed E-state index contributed by atoms with van der Waals surface area (Å²) in [6.45, 7) is 6.00. The second kappa shape index (κ2) is 5.31. The Balaban J connectivity index is 2.23. The topological polar surface area (TPSA) is 64.1 Å². The Morgan fingerprint density at radius 2 is 1.86 bits per heavy atom. The van der Waals surface area contributed by atoms with Crippen molar-refractivity contribution in [3.05, 3.63) is 64.7 Å². The van der Waals surface area contributed by atoms with Gasteiger partial charge in [-0.2, -0.15) is 0 Å². The Morgan fingerprint density at radius 3 is 2.52 bits per heavy atom. The molecule has 0 radical (unpaired) electrons. The molecule has 3 rings (SSSR count). The maximum absolute atomic E-state index is 5.86. The van der Waals surface area contributed by atoms with Gasteiger partial charge in [0, 0.05) is 22.7 Å². The highest BCUT2D eigenvalue weighted by Gasteiger charge is 2.23. The summed E-state index contributed by atoms with van der Waals surface area (Å²) in [6.07, 6.45) is 1.81. The van der Waals surface area contributed by atoms with Gasteiger partial charge >= 0.3 is 0 Å². The van der Waals surface area contributed by atoms with Crippen LogP contribution in [0.3, 0.4) is 0 Å². The van der Waals surface area contributed by atoms with Crippen molar-refractivity contribution in [1.29, 1.82) is 0 Å². The quantitative estimate of drug-likeness (QED) is 0.571. The monoisotopic (exact) mass is 281 g/mol. The van der Waals surface area contributed by atoms with Gasteiger partial charge < -0.3 is 4.42 Å². The number of hydrogen-bond acceptors (Lipinski definition) is 4. The summed E-state index contributed by atoms with van der Waals surface area (Å²) >= 11 is 0. The average Bonchev–Trinajstić information content (AvgIpc) is 2.75. The van der Waals surface area contributed by atoms with Gasteiger partial charge in [-0.1, -0.05) is 24.3 Å². The summed E-state index contributed by atoms with van der Waals surface area (Å²) in [4.78, 5) is 4.52. The largest absolute Gasteiger partial charge is 0.466 e. The van der Waals surface area contributed by atoms with Crippen molar-refractivity contribution >= 4 is 10.9 Å². The highest BCUT2D eigenvalue weighted by atomic mass is 16.3. The Labute approximate surface area is 124 Å². The van der Waals surface area contributed by atoms with Crippen LogP contribution in [0.15, 0.2) is 40.9 Å². The minimum absolute atomic E-state index is 0.138. The van der Waals surface area contributed by atoms with Gasteiger partial charge in [0.25, 0.3) is 0 Å². The molecule has 3 N–H and O–H groups in total. The summed E-state index contributed by atoms with van der Waals surface area (Å²) in [5, 5.41) is 1.10. The molecule has 0 aliphatic carbocycles. The highest BCUT2D eigenvalue weighted by molar-refractivity contribution is 5.82. The van der Waals surface area contributed by atoms with Crippen molar-refractivity contribution in [3.63, 3.8) is 0 Å². The summed E-state index contributed by atoms with van der Waals surface area (Å²) in [6, 6.07) is 10.00. The third kappa shape index (κ3) is 2.22. The highest BCUT2D eigenvalue weighted by Crippen LogP contribution is 2.33. The molecule has 1 unspecified atom stereocenters. The third-order valence-corrected chi connectivity index (χ3v) is 4.05. The molecule has 0 bridgehead atoms. The van der Waals surface area contributed by atoms with Gasteiger partial charge in [-0.05, 0) is 32.4 Å². The maximum atomic E-state index is 5.86. The first-order valence-electron chi connectivity index (χ1n) is 6.99. The lowest BCUT2D eigenvalue weighted by Gasteiger charge is -2.18. The number of benzene rings is 1. The van der Waals surface area contributed by atoms with E-state index in [2.05, 4.69) is 35.5 Å². The number of pyridine rings is 1. The Bertz CT molecular complexity index is 787. The zero-order valence-corrected chi connectivity index (χ0v) is 12.5. The minimum Gasteiger partial charge on any atom is -0.466 e. The second-order valence-corrected chi connectivity index (χ2v) is 5.28. The SMILES string of the molecule is Cc1oc(C)c(C(NN)c2cccc3cccnc23)c1C. The van der Waals surface area contributed by atoms with Crippen LogP contribution in [0.1, 0.15) is 34.3 Å². The van der Waals surface area contributed by atoms with Gasteiger partial charge in [0.2, 0.25) is 0 Å². The van der Waals surface area contributed by atoms with Crippen molar-refractivity contribution in [2.75, 3.05) is 0 Å². The summed E-state index contributed by atoms with van der Waals surface area (Å²) < 4.78 is 5.75. The van der Waals surface area contributed by atoms with Crippen LogP contribution in [-0.4, -0.2) is 4.98 Å². The van der Waals surface area contributed by atoms with Crippen LogP contribution in [0.2, 0.25) is 0 Å². The molecule has 2 aromatic heterocycles. The van der Waals surface area contributed by atoms with Crippen LogP contribution in [0, 0.1) is 20.8 Å². The zero-order chi connectivity index (χ0) is 15.0. The fourth-order valence-electron chi connectivity index (χ4n) is 2.92. The van der Waals surface area contributed by atoms with E-state index in [0.29, 0.717) is 0 Å². The minimum atomic E-state index is -0.138. The van der Waals surface area contributed by atoms with Gasteiger partial charge in [-0.3, -0.25) is 10.8 Å². The lowest BCUT2D eigenvalue weighted by atomic mass is 9.94. The Kier molecular flexibility index (Phi) is 3.49. The van der Waals surface area contributed by atoms with E-state index in [0.717, 1.165) is 39.1 Å². The molecule has 0 aliphatic heterocycles. The van der Waals surface area contributed by atoms with Crippen molar-refractivity contribution < 1.29 is 4.42 Å². The number of rotatable bonds is 3. The number of nitrogens with one attached hydrogen (secondary N) is 1. The number of para-hydroxylation sites is 1. The summed E-state index contributed by atoms with van der Waals surface area (Å²) in [5.74, 6) is 7.67. The predicted octanol–water partition coefficient (Wildman–Crippen LogP) is 3.31. The lowest BCUT2D eigenvalue weighted by molar-refractivity contribution is 0.494. The van der Waals surface area contributed by atoms with Gasteiger partial charge in [-0.25, -0.2) is 5.43 Å². The summed E-state index contributed by atoms with van der Waals surface area (Å²) in [5.41, 5.74) is 7.16. The Hall–Kier alpha value is -2.17. The molecule has 0 aliphatic rings. The van der Waals surface area contributed by atoms with Crippen LogP contribution in [-0.2, 0) is 0 Å². The number of aromatic nitrogens is 1. The molecule has 1 atom stereocenters. The number of hydrazine groups is 1. The maximum Gasteiger partial charge on any atom is 0.106 e. The van der Waals surface area contributed by atoms with Crippen LogP contribution >= 0.6 is 0 Å². The van der Waals surface area contributed by atoms with Gasteiger partial charge in [0.15, 0.2) is 0 Å². The number of aryl methyl sites for hydroxylation is 2. The lowest BCUT2D eigenvalue weighted by Crippen LogP contribution is -2.29. The average molecular weight is 281 g/mol. The van der Waals surface area contributed by atoms with E-state index in [1.165, 1.54) is 0 Å². The van der Waals surface area contributed by atoms with Gasteiger partial charge in [-0.15, -0.1) is 0 Å². The molecular formula is C17H19N3O. The third-order valence-electron chi connectivity index (χ3n) is 4.05. The fraction of sp³-hybridized carbons (Fsp3) is 0.235. The van der Waals surface area contributed by atoms with E-state index in [4.69, 9.17) is 10.3 Å². The number of nitrogens with two attached hydrogens (primary N) is 1. The molecular weight excluding hydrogens is 262 g/mol. The molecule has 0 spiro atoms. The van der Waals surface area contributed by atoms with E-state index in [1.807, 2.05) is 26.0 Å². The molecule has 108 valence electrons. The number of hydrogen-bond donors (Lipinski definition) is 2. The molecule has 4 nitrogen and oxygen atoms in total. The zero-order valence-electron chi connectivity index (χ0n) is 12.5. The standard InChI is InChI=1S/C17H19N3O/c1-10-11(2)21-12(3)15(10)17(20-18)14-8-4-6-13-7-5-9-19-16(13)14/h4-9,17,20H,18H2,1-3H3. The van der Waals surface area contributed by atoms with Crippen molar-refractivity contribution in [2.45, 2.75) is 26.8 Å². The van der Waals surface area contributed by atoms with Crippen molar-refractivity contribution in [2.24, 2.45) is 5.84 Å². The van der Waals surface area contributed by atoms with E-state index < -0.39 is 0 Å². The molecule has 2 heterocycles. The first-order chi connectivity index (χ1) is 10.1. The second-order valence-electron chi connectivity index (χ2n) is 5.28. The van der Waals surface area contributed by atoms with Crippen molar-refractivity contribution in [3.8, 4) is 0 Å².